The Hall–Kier alpha value is -3.31. The molecule has 0 saturated carbocycles. The molecule has 3 aromatic carbocycles. The predicted molar refractivity (Wildman–Crippen MR) is 115 cm³/mol. The zero-order valence-electron chi connectivity index (χ0n) is 15.9. The zero-order valence-corrected chi connectivity index (χ0v) is 16.6. The van der Waals surface area contributed by atoms with E-state index in [1.54, 1.807) is 12.1 Å². The van der Waals surface area contributed by atoms with Crippen molar-refractivity contribution in [1.82, 2.24) is 5.32 Å². The van der Waals surface area contributed by atoms with Crippen LogP contribution >= 0.6 is 11.6 Å². The van der Waals surface area contributed by atoms with Crippen molar-refractivity contribution >= 4 is 29.2 Å². The van der Waals surface area contributed by atoms with Crippen molar-refractivity contribution in [3.05, 3.63) is 88.9 Å². The van der Waals surface area contributed by atoms with Crippen LogP contribution in [0.15, 0.2) is 72.8 Å². The molecular weight excluding hydrogens is 388 g/mol. The normalized spacial score (nSPS) is 11.5. The summed E-state index contributed by atoms with van der Waals surface area (Å²) in [6, 6.07) is 21.6. The van der Waals surface area contributed by atoms with Crippen molar-refractivity contribution in [3.8, 4) is 11.1 Å². The van der Waals surface area contributed by atoms with Crippen molar-refractivity contribution in [3.63, 3.8) is 0 Å². The minimum atomic E-state index is -0.853. The highest BCUT2D eigenvalue weighted by molar-refractivity contribution is 6.31. The molecule has 3 aromatic rings. The number of amides is 1. The number of carbonyl (C=O) groups is 2. The number of halogens is 1. The van der Waals surface area contributed by atoms with Crippen molar-refractivity contribution in [2.24, 2.45) is 0 Å². The van der Waals surface area contributed by atoms with E-state index in [4.69, 9.17) is 22.1 Å². The lowest BCUT2D eigenvalue weighted by molar-refractivity contribution is -0.142. The molecule has 0 saturated heterocycles. The number of anilines is 1. The average molecular weight is 409 g/mol. The fraction of sp³-hybridized carbons (Fsp3) is 0.130. The number of hydrogen-bond acceptors (Lipinski definition) is 4. The summed E-state index contributed by atoms with van der Waals surface area (Å²) in [7, 11) is 1.29. The molecule has 148 valence electrons. The van der Waals surface area contributed by atoms with Crippen molar-refractivity contribution < 1.29 is 14.3 Å². The maximum atomic E-state index is 12.6. The number of nitrogens with one attached hydrogen (secondary N) is 1. The second-order valence-corrected chi connectivity index (χ2v) is 6.98. The van der Waals surface area contributed by atoms with Gasteiger partial charge in [0.1, 0.15) is 6.04 Å². The quantitative estimate of drug-likeness (QED) is 0.475. The van der Waals surface area contributed by atoms with Gasteiger partial charge in [-0.1, -0.05) is 66.2 Å². The topological polar surface area (TPSA) is 81.4 Å². The first-order valence-electron chi connectivity index (χ1n) is 9.06. The molecule has 0 radical (unpaired) electrons. The minimum absolute atomic E-state index is 0.214. The van der Waals surface area contributed by atoms with Crippen molar-refractivity contribution in [2.45, 2.75) is 12.5 Å². The number of nitrogens with two attached hydrogens (primary N) is 1. The van der Waals surface area contributed by atoms with Gasteiger partial charge in [0.15, 0.2) is 0 Å². The summed E-state index contributed by atoms with van der Waals surface area (Å²) in [6.07, 6.45) is 0.286. The second-order valence-electron chi connectivity index (χ2n) is 6.55. The molecule has 6 heteroatoms. The standard InChI is InChI=1S/C23H21ClN2O3/c1-29-23(28)21(26-22(27)19-14-18(24)11-12-20(19)25)13-15-7-9-17(10-8-15)16-5-3-2-4-6-16/h2-12,14,21H,13,25H2,1H3,(H,26,27)/t21-/m0/s1. The van der Waals surface area contributed by atoms with Gasteiger partial charge in [0, 0.05) is 17.1 Å². The van der Waals surface area contributed by atoms with Gasteiger partial charge in [-0.25, -0.2) is 4.79 Å². The molecule has 0 aliphatic carbocycles. The molecule has 0 spiro atoms. The Morgan fingerprint density at radius 2 is 1.66 bits per heavy atom. The van der Waals surface area contributed by atoms with Gasteiger partial charge in [-0.2, -0.15) is 0 Å². The van der Waals surface area contributed by atoms with Crippen LogP contribution in [-0.4, -0.2) is 25.0 Å². The number of esters is 1. The van der Waals surface area contributed by atoms with E-state index >= 15 is 0 Å². The van der Waals surface area contributed by atoms with Crippen LogP contribution in [0, 0.1) is 0 Å². The fourth-order valence-corrected chi connectivity index (χ4v) is 3.17. The molecule has 5 nitrogen and oxygen atoms in total. The first-order valence-corrected chi connectivity index (χ1v) is 9.44. The van der Waals surface area contributed by atoms with Crippen LogP contribution in [0.3, 0.4) is 0 Å². The third-order valence-corrected chi connectivity index (χ3v) is 4.79. The number of benzene rings is 3. The maximum Gasteiger partial charge on any atom is 0.328 e. The summed E-state index contributed by atoms with van der Waals surface area (Å²) >= 11 is 5.96. The van der Waals surface area contributed by atoms with Gasteiger partial charge in [-0.05, 0) is 34.9 Å². The highest BCUT2D eigenvalue weighted by Gasteiger charge is 2.23. The number of hydrogen-bond donors (Lipinski definition) is 2. The van der Waals surface area contributed by atoms with Gasteiger partial charge in [0.25, 0.3) is 5.91 Å². The minimum Gasteiger partial charge on any atom is -0.467 e. The summed E-state index contributed by atoms with van der Waals surface area (Å²) in [5.74, 6) is -1.02. The first-order chi connectivity index (χ1) is 14.0. The highest BCUT2D eigenvalue weighted by atomic mass is 35.5. The smallest absolute Gasteiger partial charge is 0.328 e. The summed E-state index contributed by atoms with van der Waals surface area (Å²) in [5, 5.41) is 3.08. The molecule has 0 heterocycles. The van der Waals surface area contributed by atoms with Crippen molar-refractivity contribution in [1.29, 1.82) is 0 Å². The van der Waals surface area contributed by atoms with Gasteiger partial charge in [0.2, 0.25) is 0 Å². The van der Waals surface area contributed by atoms with Crippen LogP contribution in [0.1, 0.15) is 15.9 Å². The summed E-state index contributed by atoms with van der Waals surface area (Å²) in [6.45, 7) is 0. The largest absolute Gasteiger partial charge is 0.467 e. The third-order valence-electron chi connectivity index (χ3n) is 4.55. The van der Waals surface area contributed by atoms with Crippen LogP contribution in [0.2, 0.25) is 5.02 Å². The van der Waals surface area contributed by atoms with Crippen LogP contribution in [-0.2, 0) is 16.0 Å². The molecule has 0 aliphatic heterocycles. The van der Waals surface area contributed by atoms with E-state index in [0.717, 1.165) is 16.7 Å². The number of nitrogen functional groups attached to an aromatic ring is 1. The summed E-state index contributed by atoms with van der Waals surface area (Å²) in [5.41, 5.74) is 9.42. The molecule has 29 heavy (non-hydrogen) atoms. The Bertz CT molecular complexity index is 1000. The van der Waals surface area contributed by atoms with Gasteiger partial charge in [0.05, 0.1) is 12.7 Å². The Kier molecular flexibility index (Phi) is 6.52. The van der Waals surface area contributed by atoms with Gasteiger partial charge in [-0.3, -0.25) is 4.79 Å². The Morgan fingerprint density at radius 3 is 2.31 bits per heavy atom. The SMILES string of the molecule is COC(=O)[C@H](Cc1ccc(-c2ccccc2)cc1)NC(=O)c1cc(Cl)ccc1N. The van der Waals surface area contributed by atoms with Crippen LogP contribution in [0.4, 0.5) is 5.69 Å². The number of ether oxygens (including phenoxy) is 1. The molecule has 3 rings (SSSR count). The van der Waals surface area contributed by atoms with E-state index in [9.17, 15) is 9.59 Å². The Morgan fingerprint density at radius 1 is 1.00 bits per heavy atom. The molecule has 0 fully saturated rings. The van der Waals surface area contributed by atoms with E-state index in [0.29, 0.717) is 5.02 Å². The molecule has 0 aliphatic rings. The first kappa shape index (κ1) is 20.4. The van der Waals surface area contributed by atoms with E-state index in [1.165, 1.54) is 13.2 Å². The molecule has 0 unspecified atom stereocenters. The lowest BCUT2D eigenvalue weighted by Gasteiger charge is -2.17. The number of carbonyl (C=O) groups excluding carboxylic acids is 2. The molecule has 0 aromatic heterocycles. The second kappa shape index (κ2) is 9.26. The molecule has 0 bridgehead atoms. The predicted octanol–water partition coefficient (Wildman–Crippen LogP) is 4.10. The summed E-state index contributed by atoms with van der Waals surface area (Å²) in [4.78, 5) is 24.8. The Balaban J connectivity index is 1.76. The van der Waals surface area contributed by atoms with Crippen LogP contribution in [0.25, 0.3) is 11.1 Å². The van der Waals surface area contributed by atoms with Gasteiger partial charge in [-0.15, -0.1) is 0 Å². The molecular formula is C23H21ClN2O3. The highest BCUT2D eigenvalue weighted by Crippen LogP contribution is 2.21. The lowest BCUT2D eigenvalue weighted by atomic mass is 10.0. The monoisotopic (exact) mass is 408 g/mol. The number of rotatable bonds is 6. The molecule has 1 atom stereocenters. The van der Waals surface area contributed by atoms with E-state index in [1.807, 2.05) is 54.6 Å². The van der Waals surface area contributed by atoms with E-state index < -0.39 is 17.9 Å². The van der Waals surface area contributed by atoms with Crippen LogP contribution < -0.4 is 11.1 Å². The fourth-order valence-electron chi connectivity index (χ4n) is 3.00. The van der Waals surface area contributed by atoms with Gasteiger partial charge >= 0.3 is 5.97 Å². The van der Waals surface area contributed by atoms with Gasteiger partial charge < -0.3 is 15.8 Å². The van der Waals surface area contributed by atoms with E-state index in [-0.39, 0.29) is 17.7 Å². The van der Waals surface area contributed by atoms with Crippen molar-refractivity contribution in [2.75, 3.05) is 12.8 Å². The lowest BCUT2D eigenvalue weighted by Crippen LogP contribution is -2.43. The zero-order chi connectivity index (χ0) is 20.8. The Labute approximate surface area is 174 Å². The molecule has 1 amide bonds. The maximum absolute atomic E-state index is 12.6. The summed E-state index contributed by atoms with van der Waals surface area (Å²) < 4.78 is 4.86. The van der Waals surface area contributed by atoms with E-state index in [2.05, 4.69) is 5.32 Å². The number of methoxy groups -OCH3 is 1. The third kappa shape index (κ3) is 5.15. The average Bonchev–Trinajstić information content (AvgIpc) is 2.75. The molecule has 3 N–H and O–H groups in total. The van der Waals surface area contributed by atoms with Crippen LogP contribution in [0.5, 0.6) is 0 Å².